The van der Waals surface area contributed by atoms with Gasteiger partial charge in [-0.3, -0.25) is 9.78 Å². The van der Waals surface area contributed by atoms with Crippen LogP contribution < -0.4 is 5.32 Å². The maximum Gasteiger partial charge on any atom is 0.252 e. The van der Waals surface area contributed by atoms with Gasteiger partial charge in [0.05, 0.1) is 12.1 Å². The predicted molar refractivity (Wildman–Crippen MR) is 80.3 cm³/mol. The highest BCUT2D eigenvalue weighted by Gasteiger charge is 2.23. The van der Waals surface area contributed by atoms with Crippen LogP contribution in [0.2, 0.25) is 0 Å². The third kappa shape index (κ3) is 3.65. The summed E-state index contributed by atoms with van der Waals surface area (Å²) in [6.07, 6.45) is 3.09. The van der Waals surface area contributed by atoms with E-state index in [0.717, 1.165) is 10.0 Å². The summed E-state index contributed by atoms with van der Waals surface area (Å²) < 4.78 is 0.736. The normalized spacial score (nSPS) is 13.6. The fourth-order valence-corrected chi connectivity index (χ4v) is 2.15. The molecule has 1 atom stereocenters. The van der Waals surface area contributed by atoms with Gasteiger partial charge in [-0.1, -0.05) is 30.3 Å². The summed E-state index contributed by atoms with van der Waals surface area (Å²) in [6.45, 7) is 1.80. The smallest absolute Gasteiger partial charge is 0.252 e. The van der Waals surface area contributed by atoms with E-state index in [1.807, 2.05) is 30.3 Å². The number of benzene rings is 1. The van der Waals surface area contributed by atoms with Gasteiger partial charge in [0.1, 0.15) is 5.60 Å². The molecule has 1 unspecified atom stereocenters. The fourth-order valence-electron chi connectivity index (χ4n) is 1.79. The van der Waals surface area contributed by atoms with Gasteiger partial charge in [0.2, 0.25) is 0 Å². The predicted octanol–water partition coefficient (Wildman–Crippen LogP) is 2.48. The molecule has 0 saturated heterocycles. The van der Waals surface area contributed by atoms with Crippen LogP contribution in [0.4, 0.5) is 0 Å². The number of hydrogen-bond donors (Lipinski definition) is 2. The first-order chi connectivity index (χ1) is 9.49. The first-order valence-electron chi connectivity index (χ1n) is 6.16. The van der Waals surface area contributed by atoms with Crippen molar-refractivity contribution < 1.29 is 9.90 Å². The van der Waals surface area contributed by atoms with Gasteiger partial charge in [0.25, 0.3) is 5.91 Å². The van der Waals surface area contributed by atoms with Crippen molar-refractivity contribution in [2.75, 3.05) is 6.54 Å². The number of nitrogens with one attached hydrogen (secondary N) is 1. The zero-order chi connectivity index (χ0) is 14.6. The topological polar surface area (TPSA) is 62.2 Å². The van der Waals surface area contributed by atoms with Crippen LogP contribution in [-0.2, 0) is 5.60 Å². The second kappa shape index (κ2) is 6.15. The molecule has 1 aromatic carbocycles. The van der Waals surface area contributed by atoms with Gasteiger partial charge in [0.15, 0.2) is 0 Å². The van der Waals surface area contributed by atoms with Crippen LogP contribution in [0.3, 0.4) is 0 Å². The molecule has 104 valence electrons. The highest BCUT2D eigenvalue weighted by atomic mass is 79.9. The van der Waals surface area contributed by atoms with E-state index in [9.17, 15) is 9.90 Å². The molecule has 0 spiro atoms. The number of hydrogen-bond acceptors (Lipinski definition) is 3. The molecule has 2 aromatic rings. The molecule has 0 aliphatic heterocycles. The Labute approximate surface area is 126 Å². The molecule has 5 heteroatoms. The summed E-state index contributed by atoms with van der Waals surface area (Å²) in [4.78, 5) is 15.9. The van der Waals surface area contributed by atoms with Crippen LogP contribution in [0.1, 0.15) is 22.8 Å². The van der Waals surface area contributed by atoms with Crippen LogP contribution in [-0.4, -0.2) is 22.5 Å². The number of pyridine rings is 1. The minimum absolute atomic E-state index is 0.127. The first kappa shape index (κ1) is 14.7. The molecule has 1 heterocycles. The highest BCUT2D eigenvalue weighted by molar-refractivity contribution is 9.10. The van der Waals surface area contributed by atoms with Crippen molar-refractivity contribution in [3.8, 4) is 0 Å². The number of carbonyl (C=O) groups excluding carboxylic acids is 1. The van der Waals surface area contributed by atoms with E-state index >= 15 is 0 Å². The summed E-state index contributed by atoms with van der Waals surface area (Å²) in [7, 11) is 0. The summed E-state index contributed by atoms with van der Waals surface area (Å²) in [5, 5.41) is 13.1. The summed E-state index contributed by atoms with van der Waals surface area (Å²) in [5.41, 5.74) is 0.0898. The summed E-state index contributed by atoms with van der Waals surface area (Å²) in [5.74, 6) is -0.269. The van der Waals surface area contributed by atoms with Crippen molar-refractivity contribution in [1.82, 2.24) is 10.3 Å². The molecule has 2 rings (SSSR count). The molecular weight excluding hydrogens is 320 g/mol. The van der Waals surface area contributed by atoms with Gasteiger partial charge < -0.3 is 10.4 Å². The SMILES string of the molecule is CC(O)(CNC(=O)c1cncc(Br)c1)c1ccccc1. The van der Waals surface area contributed by atoms with E-state index in [-0.39, 0.29) is 12.5 Å². The van der Waals surface area contributed by atoms with Crippen molar-refractivity contribution >= 4 is 21.8 Å². The van der Waals surface area contributed by atoms with Gasteiger partial charge in [-0.25, -0.2) is 0 Å². The molecule has 0 radical (unpaired) electrons. The lowest BCUT2D eigenvalue weighted by molar-refractivity contribution is 0.0526. The van der Waals surface area contributed by atoms with E-state index in [0.29, 0.717) is 5.56 Å². The fraction of sp³-hybridized carbons (Fsp3) is 0.200. The molecule has 20 heavy (non-hydrogen) atoms. The minimum atomic E-state index is -1.11. The van der Waals surface area contributed by atoms with Gasteiger partial charge in [-0.05, 0) is 34.5 Å². The van der Waals surface area contributed by atoms with Crippen LogP contribution in [0.5, 0.6) is 0 Å². The second-order valence-electron chi connectivity index (χ2n) is 4.71. The molecule has 1 aromatic heterocycles. The molecule has 0 saturated carbocycles. The molecular formula is C15H15BrN2O2. The third-order valence-electron chi connectivity index (χ3n) is 2.96. The van der Waals surface area contributed by atoms with Crippen molar-refractivity contribution in [3.63, 3.8) is 0 Å². The zero-order valence-corrected chi connectivity index (χ0v) is 12.6. The number of carbonyl (C=O) groups is 1. The van der Waals surface area contributed by atoms with Crippen molar-refractivity contribution in [3.05, 3.63) is 64.4 Å². The average Bonchev–Trinajstić information content (AvgIpc) is 2.46. The van der Waals surface area contributed by atoms with E-state index in [1.165, 1.54) is 6.20 Å². The Morgan fingerprint density at radius 2 is 2.05 bits per heavy atom. The lowest BCUT2D eigenvalue weighted by Crippen LogP contribution is -2.38. The van der Waals surface area contributed by atoms with Crippen LogP contribution in [0.15, 0.2) is 53.3 Å². The minimum Gasteiger partial charge on any atom is -0.384 e. The Morgan fingerprint density at radius 1 is 1.35 bits per heavy atom. The van der Waals surface area contributed by atoms with Crippen molar-refractivity contribution in [1.29, 1.82) is 0 Å². The van der Waals surface area contributed by atoms with Gasteiger partial charge in [0, 0.05) is 16.9 Å². The van der Waals surface area contributed by atoms with Crippen LogP contribution in [0.25, 0.3) is 0 Å². The molecule has 0 aliphatic carbocycles. The van der Waals surface area contributed by atoms with Gasteiger partial charge in [-0.15, -0.1) is 0 Å². The number of rotatable bonds is 4. The number of nitrogens with zero attached hydrogens (tertiary/aromatic N) is 1. The quantitative estimate of drug-likeness (QED) is 0.902. The monoisotopic (exact) mass is 334 g/mol. The second-order valence-corrected chi connectivity index (χ2v) is 5.63. The number of amides is 1. The Balaban J connectivity index is 2.03. The standard InChI is InChI=1S/C15H15BrN2O2/c1-15(20,12-5-3-2-4-6-12)10-18-14(19)11-7-13(16)9-17-8-11/h2-9,20H,10H2,1H3,(H,18,19). The molecule has 0 aliphatic rings. The average molecular weight is 335 g/mol. The maximum atomic E-state index is 12.0. The molecule has 0 fully saturated rings. The number of aromatic nitrogens is 1. The lowest BCUT2D eigenvalue weighted by atomic mass is 9.96. The van der Waals surface area contributed by atoms with E-state index in [2.05, 4.69) is 26.2 Å². The Bertz CT molecular complexity index is 600. The largest absolute Gasteiger partial charge is 0.384 e. The Hall–Kier alpha value is -1.72. The van der Waals surface area contributed by atoms with Gasteiger partial charge >= 0.3 is 0 Å². The third-order valence-corrected chi connectivity index (χ3v) is 3.39. The molecule has 1 amide bonds. The Morgan fingerprint density at radius 3 is 2.70 bits per heavy atom. The van der Waals surface area contributed by atoms with Crippen molar-refractivity contribution in [2.24, 2.45) is 0 Å². The van der Waals surface area contributed by atoms with E-state index in [4.69, 9.17) is 0 Å². The summed E-state index contributed by atoms with van der Waals surface area (Å²) in [6, 6.07) is 10.9. The first-order valence-corrected chi connectivity index (χ1v) is 6.95. The van der Waals surface area contributed by atoms with Crippen LogP contribution in [0, 0.1) is 0 Å². The molecule has 2 N–H and O–H groups in total. The number of aliphatic hydroxyl groups is 1. The zero-order valence-electron chi connectivity index (χ0n) is 11.0. The number of halogens is 1. The highest BCUT2D eigenvalue weighted by Crippen LogP contribution is 2.19. The lowest BCUT2D eigenvalue weighted by Gasteiger charge is -2.24. The van der Waals surface area contributed by atoms with Gasteiger partial charge in [-0.2, -0.15) is 0 Å². The Kier molecular flexibility index (Phi) is 4.52. The van der Waals surface area contributed by atoms with Crippen molar-refractivity contribution in [2.45, 2.75) is 12.5 Å². The van der Waals surface area contributed by atoms with E-state index in [1.54, 1.807) is 19.2 Å². The summed E-state index contributed by atoms with van der Waals surface area (Å²) >= 11 is 3.27. The maximum absolute atomic E-state index is 12.0. The molecule has 4 nitrogen and oxygen atoms in total. The van der Waals surface area contributed by atoms with E-state index < -0.39 is 5.60 Å². The molecule has 0 bridgehead atoms. The van der Waals surface area contributed by atoms with Crippen LogP contribution >= 0.6 is 15.9 Å².